The zero-order valence-corrected chi connectivity index (χ0v) is 14.8. The van der Waals surface area contributed by atoms with Gasteiger partial charge in [0.1, 0.15) is 0 Å². The Balaban J connectivity index is 1.59. The van der Waals surface area contributed by atoms with Crippen molar-refractivity contribution in [1.29, 1.82) is 0 Å². The number of halogens is 3. The Labute approximate surface area is 153 Å². The zero-order chi connectivity index (χ0) is 18.4. The number of hydrogen-bond donors (Lipinski definition) is 1. The Kier molecular flexibility index (Phi) is 4.40. The van der Waals surface area contributed by atoms with Crippen molar-refractivity contribution in [3.05, 3.63) is 24.0 Å². The van der Waals surface area contributed by atoms with Crippen LogP contribution in [0.2, 0.25) is 0 Å². The summed E-state index contributed by atoms with van der Waals surface area (Å²) in [7, 11) is 0. The van der Waals surface area contributed by atoms with Gasteiger partial charge in [-0.25, -0.2) is 0 Å². The van der Waals surface area contributed by atoms with Crippen molar-refractivity contribution in [2.45, 2.75) is 41.1 Å². The van der Waals surface area contributed by atoms with Crippen molar-refractivity contribution in [3.63, 3.8) is 0 Å². The summed E-state index contributed by atoms with van der Waals surface area (Å²) in [5.41, 5.74) is 0.762. The monoisotopic (exact) mass is 381 g/mol. The third-order valence-corrected chi connectivity index (χ3v) is 6.73. The topological polar surface area (TPSA) is 45.2 Å². The number of carbonyl (C=O) groups is 1. The van der Waals surface area contributed by atoms with Crippen molar-refractivity contribution in [2.24, 2.45) is 5.92 Å². The Morgan fingerprint density at radius 1 is 1.38 bits per heavy atom. The minimum Gasteiger partial charge on any atom is -0.350 e. The predicted molar refractivity (Wildman–Crippen MR) is 91.5 cm³/mol. The lowest BCUT2D eigenvalue weighted by Gasteiger charge is -2.45. The maximum absolute atomic E-state index is 13.1. The fourth-order valence-corrected chi connectivity index (χ4v) is 5.22. The molecule has 4 aliphatic heterocycles. The summed E-state index contributed by atoms with van der Waals surface area (Å²) in [5, 5.41) is 3.01. The number of alkyl halides is 3. The molecule has 5 heterocycles. The molecule has 2 bridgehead atoms. The summed E-state index contributed by atoms with van der Waals surface area (Å²) >= 11 is 1.10. The number of piperidine rings is 3. The average molecular weight is 381 g/mol. The highest BCUT2D eigenvalue weighted by Gasteiger charge is 2.47. The lowest BCUT2D eigenvalue weighted by atomic mass is 9.83. The van der Waals surface area contributed by atoms with Gasteiger partial charge in [-0.3, -0.25) is 9.78 Å². The second-order valence-electron chi connectivity index (χ2n) is 7.06. The second-order valence-corrected chi connectivity index (χ2v) is 8.40. The van der Waals surface area contributed by atoms with Crippen molar-refractivity contribution < 1.29 is 18.0 Å². The van der Waals surface area contributed by atoms with Crippen molar-refractivity contribution in [3.8, 4) is 11.8 Å². The first-order chi connectivity index (χ1) is 12.3. The molecule has 0 radical (unpaired) electrons. The summed E-state index contributed by atoms with van der Waals surface area (Å²) < 4.78 is 36.7. The van der Waals surface area contributed by atoms with Crippen LogP contribution in [0.4, 0.5) is 13.2 Å². The van der Waals surface area contributed by atoms with Crippen LogP contribution >= 0.6 is 11.8 Å². The first kappa shape index (κ1) is 17.7. The molecule has 4 nitrogen and oxygen atoms in total. The zero-order valence-electron chi connectivity index (χ0n) is 14.0. The molecule has 0 aliphatic carbocycles. The van der Waals surface area contributed by atoms with Crippen molar-refractivity contribution in [2.75, 3.05) is 19.6 Å². The summed E-state index contributed by atoms with van der Waals surface area (Å²) in [5.74, 6) is 3.55. The lowest BCUT2D eigenvalue weighted by molar-refractivity contribution is -0.124. The number of nitrogens with zero attached hydrogens (tertiary/aromatic N) is 2. The van der Waals surface area contributed by atoms with E-state index in [9.17, 15) is 18.0 Å². The van der Waals surface area contributed by atoms with Crippen LogP contribution in [0.15, 0.2) is 23.4 Å². The van der Waals surface area contributed by atoms with Gasteiger partial charge in [-0.15, -0.1) is 0 Å². The van der Waals surface area contributed by atoms with E-state index in [1.165, 1.54) is 5.92 Å². The van der Waals surface area contributed by atoms with E-state index < -0.39 is 16.8 Å². The predicted octanol–water partition coefficient (Wildman–Crippen LogP) is 2.24. The number of hydrogen-bond acceptors (Lipinski definition) is 4. The van der Waals surface area contributed by atoms with Gasteiger partial charge in [-0.1, -0.05) is 17.7 Å². The molecule has 138 valence electrons. The lowest BCUT2D eigenvalue weighted by Crippen LogP contribution is -2.60. The maximum Gasteiger partial charge on any atom is 0.457 e. The molecule has 1 aromatic rings. The van der Waals surface area contributed by atoms with Crippen LogP contribution in [0.25, 0.3) is 0 Å². The quantitative estimate of drug-likeness (QED) is 0.799. The first-order valence-electron chi connectivity index (χ1n) is 8.61. The van der Waals surface area contributed by atoms with Gasteiger partial charge in [-0.2, -0.15) is 13.2 Å². The Morgan fingerprint density at radius 3 is 2.77 bits per heavy atom. The van der Waals surface area contributed by atoms with Crippen LogP contribution in [0.3, 0.4) is 0 Å². The summed E-state index contributed by atoms with van der Waals surface area (Å²) in [6, 6.07) is 1.70. The smallest absolute Gasteiger partial charge is 0.350 e. The Hall–Kier alpha value is -1.72. The molecule has 1 unspecified atom stereocenters. The van der Waals surface area contributed by atoms with Crippen molar-refractivity contribution >= 4 is 17.7 Å². The van der Waals surface area contributed by atoms with Crippen molar-refractivity contribution in [1.82, 2.24) is 15.2 Å². The van der Waals surface area contributed by atoms with Crippen LogP contribution in [-0.2, 0) is 11.2 Å². The van der Waals surface area contributed by atoms with Crippen LogP contribution in [0, 0.1) is 17.8 Å². The molecule has 3 saturated heterocycles. The van der Waals surface area contributed by atoms with Gasteiger partial charge in [0, 0.05) is 42.2 Å². The SMILES string of the molecule is O=C(N[C@H]1CN2CCC1CC2)C1(C#CC(F)(F)F)Cc2cnccc2S1. The number of thioether (sulfide) groups is 1. The fourth-order valence-electron chi connectivity index (χ4n) is 3.98. The van der Waals surface area contributed by atoms with E-state index >= 15 is 0 Å². The van der Waals surface area contributed by atoms with E-state index in [0.717, 1.165) is 54.7 Å². The maximum atomic E-state index is 13.1. The fraction of sp³-hybridized carbons (Fsp3) is 0.556. The van der Waals surface area contributed by atoms with Gasteiger partial charge in [0.15, 0.2) is 4.75 Å². The third kappa shape index (κ3) is 3.42. The van der Waals surface area contributed by atoms with E-state index in [4.69, 9.17) is 0 Å². The van der Waals surface area contributed by atoms with E-state index in [1.807, 2.05) is 0 Å². The normalized spacial score (nSPS) is 32.5. The van der Waals surface area contributed by atoms with Gasteiger partial charge >= 0.3 is 6.18 Å². The molecule has 3 fully saturated rings. The number of carbonyl (C=O) groups excluding carboxylic acids is 1. The number of nitrogens with one attached hydrogen (secondary N) is 1. The molecular formula is C18H18F3N3OS. The molecule has 4 aliphatic rings. The highest BCUT2D eigenvalue weighted by atomic mass is 32.2. The Bertz CT molecular complexity index is 753. The minimum atomic E-state index is -4.63. The number of rotatable bonds is 2. The number of aromatic nitrogens is 1. The molecule has 8 heteroatoms. The highest BCUT2D eigenvalue weighted by molar-refractivity contribution is 8.02. The third-order valence-electron chi connectivity index (χ3n) is 5.33. The average Bonchev–Trinajstić information content (AvgIpc) is 3.01. The molecule has 2 atom stereocenters. The van der Waals surface area contributed by atoms with Crippen LogP contribution in [0.1, 0.15) is 18.4 Å². The van der Waals surface area contributed by atoms with Gasteiger partial charge in [0.05, 0.1) is 0 Å². The van der Waals surface area contributed by atoms with Crippen LogP contribution in [0.5, 0.6) is 0 Å². The minimum absolute atomic E-state index is 0.0167. The van der Waals surface area contributed by atoms with E-state index in [-0.39, 0.29) is 12.5 Å². The van der Waals surface area contributed by atoms with Gasteiger partial charge in [0.25, 0.3) is 0 Å². The van der Waals surface area contributed by atoms with Crippen LogP contribution in [-0.4, -0.2) is 52.4 Å². The summed E-state index contributed by atoms with van der Waals surface area (Å²) in [4.78, 5) is 20.1. The molecule has 0 saturated carbocycles. The molecule has 0 spiro atoms. The van der Waals surface area contributed by atoms with E-state index in [0.29, 0.717) is 5.92 Å². The highest BCUT2D eigenvalue weighted by Crippen LogP contribution is 2.45. The van der Waals surface area contributed by atoms with E-state index in [2.05, 4.69) is 21.1 Å². The molecule has 5 rings (SSSR count). The van der Waals surface area contributed by atoms with E-state index in [1.54, 1.807) is 18.5 Å². The first-order valence-corrected chi connectivity index (χ1v) is 9.43. The molecule has 1 amide bonds. The van der Waals surface area contributed by atoms with Crippen LogP contribution < -0.4 is 5.32 Å². The number of fused-ring (bicyclic) bond motifs is 4. The molecule has 26 heavy (non-hydrogen) atoms. The standard InChI is InChI=1S/C18H18F3N3OS/c19-18(20,21)5-4-17(9-13-10-22-6-1-15(13)26-17)16(25)23-14-11-24-7-2-12(14)3-8-24/h1,6,10,12,14H,2-3,7-9,11H2,(H,23,25)/t14-,17?/m0/s1. The van der Waals surface area contributed by atoms with Gasteiger partial charge in [0.2, 0.25) is 5.91 Å². The molecular weight excluding hydrogens is 363 g/mol. The molecule has 0 aromatic carbocycles. The van der Waals surface area contributed by atoms with Gasteiger partial charge < -0.3 is 10.2 Å². The molecule has 1 aromatic heterocycles. The summed E-state index contributed by atoms with van der Waals surface area (Å²) in [6.45, 7) is 2.82. The number of amides is 1. The largest absolute Gasteiger partial charge is 0.457 e. The number of pyridine rings is 1. The van der Waals surface area contributed by atoms with Gasteiger partial charge in [-0.05, 0) is 43.5 Å². The molecule has 1 N–H and O–H groups in total. The second kappa shape index (κ2) is 6.46. The summed E-state index contributed by atoms with van der Waals surface area (Å²) in [6.07, 6.45) is 0.714. The Morgan fingerprint density at radius 2 is 2.15 bits per heavy atom.